The predicted molar refractivity (Wildman–Crippen MR) is 150 cm³/mol. The molecule has 0 radical (unpaired) electrons. The molecule has 0 aliphatic heterocycles. The van der Waals surface area contributed by atoms with Crippen LogP contribution in [0.4, 0.5) is 10.1 Å². The molecule has 2 aromatic heterocycles. The first-order valence-electron chi connectivity index (χ1n) is 11.5. The van der Waals surface area contributed by atoms with Gasteiger partial charge in [0, 0.05) is 22.5 Å². The molecule has 0 aliphatic rings. The molecule has 5 rings (SSSR count). The van der Waals surface area contributed by atoms with Gasteiger partial charge in [0.25, 0.3) is 5.56 Å². The largest absolute Gasteiger partial charge is 0.297 e. The fourth-order valence-corrected chi connectivity index (χ4v) is 5.25. The number of hydrogen-bond donors (Lipinski definition) is 0. The number of halogens is 2. The van der Waals surface area contributed by atoms with Crippen molar-refractivity contribution >= 4 is 38.7 Å². The summed E-state index contributed by atoms with van der Waals surface area (Å²) in [5.74, 6) is -0.363. The van der Waals surface area contributed by atoms with E-state index in [-0.39, 0.29) is 11.4 Å². The number of para-hydroxylation sites is 1. The molecule has 2 heterocycles. The van der Waals surface area contributed by atoms with Crippen LogP contribution >= 0.6 is 27.3 Å². The van der Waals surface area contributed by atoms with E-state index in [1.54, 1.807) is 32.2 Å². The molecular weight excluding hydrogens is 553 g/mol. The van der Waals surface area contributed by atoms with Gasteiger partial charge >= 0.3 is 0 Å². The first-order chi connectivity index (χ1) is 17.8. The molecular formula is C28H23BrFN5OS. The first kappa shape index (κ1) is 24.9. The maximum absolute atomic E-state index is 14.8. The highest BCUT2D eigenvalue weighted by molar-refractivity contribution is 9.10. The maximum Gasteiger partial charge on any atom is 0.297 e. The van der Waals surface area contributed by atoms with Crippen molar-refractivity contribution in [1.29, 1.82) is 0 Å². The van der Waals surface area contributed by atoms with Crippen molar-refractivity contribution in [2.45, 2.75) is 13.8 Å². The number of aromatic nitrogens is 3. The Bertz CT molecular complexity index is 1760. The minimum absolute atomic E-state index is 0.244. The van der Waals surface area contributed by atoms with Gasteiger partial charge in [0.15, 0.2) is 5.69 Å². The van der Waals surface area contributed by atoms with Crippen molar-refractivity contribution in [2.75, 3.05) is 0 Å². The average Bonchev–Trinajstić information content (AvgIpc) is 3.38. The first-order valence-corrected chi connectivity index (χ1v) is 13.2. The molecule has 0 saturated heterocycles. The summed E-state index contributed by atoms with van der Waals surface area (Å²) in [6, 6.07) is 23.8. The van der Waals surface area contributed by atoms with Crippen molar-refractivity contribution in [3.8, 4) is 16.9 Å². The monoisotopic (exact) mass is 575 g/mol. The highest BCUT2D eigenvalue weighted by atomic mass is 79.9. The zero-order valence-corrected chi connectivity index (χ0v) is 22.8. The van der Waals surface area contributed by atoms with Gasteiger partial charge in [0.05, 0.1) is 22.8 Å². The van der Waals surface area contributed by atoms with E-state index in [1.807, 2.05) is 80.9 Å². The Labute approximate surface area is 225 Å². The summed E-state index contributed by atoms with van der Waals surface area (Å²) in [6.07, 6.45) is 0. The third-order valence-electron chi connectivity index (χ3n) is 6.06. The van der Waals surface area contributed by atoms with Gasteiger partial charge in [-0.15, -0.1) is 11.3 Å². The summed E-state index contributed by atoms with van der Waals surface area (Å²) in [4.78, 5) is 18.7. The lowest BCUT2D eigenvalue weighted by molar-refractivity contribution is 0.629. The highest BCUT2D eigenvalue weighted by Gasteiger charge is 2.18. The maximum atomic E-state index is 14.8. The van der Waals surface area contributed by atoms with Crippen LogP contribution in [0.5, 0.6) is 0 Å². The summed E-state index contributed by atoms with van der Waals surface area (Å²) in [7, 11) is 1.82. The van der Waals surface area contributed by atoms with Gasteiger partial charge in [0.2, 0.25) is 4.80 Å². The third-order valence-corrected chi connectivity index (χ3v) is 7.37. The van der Waals surface area contributed by atoms with Crippen LogP contribution in [0.1, 0.15) is 18.2 Å². The van der Waals surface area contributed by atoms with Gasteiger partial charge in [-0.3, -0.25) is 9.48 Å². The number of rotatable bonds is 5. The van der Waals surface area contributed by atoms with Crippen molar-refractivity contribution in [3.05, 3.63) is 121 Å². The van der Waals surface area contributed by atoms with Gasteiger partial charge in [-0.2, -0.15) is 5.10 Å². The Morgan fingerprint density at radius 2 is 1.73 bits per heavy atom. The quantitative estimate of drug-likeness (QED) is 0.223. The Kier molecular flexibility index (Phi) is 6.90. The molecule has 0 unspecified atom stereocenters. The van der Waals surface area contributed by atoms with Crippen LogP contribution in [0.25, 0.3) is 16.9 Å². The third kappa shape index (κ3) is 4.80. The summed E-state index contributed by atoms with van der Waals surface area (Å²) in [5, 5.41) is 6.65. The number of benzene rings is 3. The molecule has 0 atom stereocenters. The normalized spacial score (nSPS) is 12.4. The molecule has 0 bridgehead atoms. The van der Waals surface area contributed by atoms with Crippen molar-refractivity contribution in [3.63, 3.8) is 0 Å². The van der Waals surface area contributed by atoms with Gasteiger partial charge in [-0.1, -0.05) is 58.4 Å². The average molecular weight is 576 g/mol. The molecule has 186 valence electrons. The summed E-state index contributed by atoms with van der Waals surface area (Å²) in [5.41, 5.74) is 4.07. The smallest absolute Gasteiger partial charge is 0.283 e. The second-order valence-electron chi connectivity index (χ2n) is 8.41. The lowest BCUT2D eigenvalue weighted by Crippen LogP contribution is -2.20. The van der Waals surface area contributed by atoms with Crippen LogP contribution in [-0.2, 0) is 7.05 Å². The van der Waals surface area contributed by atoms with Gasteiger partial charge in [-0.05, 0) is 55.8 Å². The predicted octanol–water partition coefficient (Wildman–Crippen LogP) is 6.42. The van der Waals surface area contributed by atoms with Crippen LogP contribution in [0, 0.1) is 12.7 Å². The molecule has 9 heteroatoms. The fourth-order valence-electron chi connectivity index (χ4n) is 4.03. The van der Waals surface area contributed by atoms with Crippen LogP contribution in [0.15, 0.2) is 104 Å². The van der Waals surface area contributed by atoms with Crippen molar-refractivity contribution in [1.82, 2.24) is 14.0 Å². The van der Waals surface area contributed by atoms with Crippen molar-refractivity contribution < 1.29 is 4.39 Å². The molecule has 0 amide bonds. The Morgan fingerprint density at radius 3 is 2.46 bits per heavy atom. The van der Waals surface area contributed by atoms with Crippen LogP contribution < -0.4 is 10.4 Å². The molecule has 5 aromatic rings. The van der Waals surface area contributed by atoms with E-state index in [1.165, 1.54) is 17.4 Å². The Morgan fingerprint density at radius 1 is 1.00 bits per heavy atom. The highest BCUT2D eigenvalue weighted by Crippen LogP contribution is 2.25. The summed E-state index contributed by atoms with van der Waals surface area (Å²) >= 11 is 4.80. The standard InChI is InChI=1S/C28H23BrFN5OS/c1-18(20-10-9-11-21(29)16-20)32-34-25(23-14-7-8-15-24(23)30)17-37-28(34)31-26-19(2)33(3)35(27(26)36)22-12-5-4-6-13-22/h4-17H,1-3H3. The number of hydrogen-bond acceptors (Lipinski definition) is 4. The SMILES string of the molecule is CC(=Nn1c(-c2ccccc2F)csc1=Nc1c(C)n(C)n(-c2ccccc2)c1=O)c1cccc(Br)c1. The topological polar surface area (TPSA) is 56.6 Å². The molecule has 3 aromatic carbocycles. The van der Waals surface area contributed by atoms with Gasteiger partial charge < -0.3 is 0 Å². The van der Waals surface area contributed by atoms with E-state index in [2.05, 4.69) is 15.9 Å². The number of nitrogens with zero attached hydrogens (tertiary/aromatic N) is 5. The summed E-state index contributed by atoms with van der Waals surface area (Å²) < 4.78 is 20.7. The Balaban J connectivity index is 1.75. The fraction of sp³-hybridized carbons (Fsp3) is 0.107. The minimum Gasteiger partial charge on any atom is -0.283 e. The molecule has 0 fully saturated rings. The van der Waals surface area contributed by atoms with Crippen LogP contribution in [-0.4, -0.2) is 19.8 Å². The van der Waals surface area contributed by atoms with E-state index in [0.29, 0.717) is 33.2 Å². The van der Waals surface area contributed by atoms with Crippen molar-refractivity contribution in [2.24, 2.45) is 17.1 Å². The van der Waals surface area contributed by atoms with Crippen LogP contribution in [0.3, 0.4) is 0 Å². The Hall–Kier alpha value is -3.82. The van der Waals surface area contributed by atoms with E-state index < -0.39 is 0 Å². The second kappa shape index (κ2) is 10.3. The van der Waals surface area contributed by atoms with Crippen LogP contribution in [0.2, 0.25) is 0 Å². The van der Waals surface area contributed by atoms with E-state index in [9.17, 15) is 9.18 Å². The zero-order chi connectivity index (χ0) is 26.1. The molecule has 0 saturated carbocycles. The molecule has 37 heavy (non-hydrogen) atoms. The van der Waals surface area contributed by atoms with Gasteiger partial charge in [0.1, 0.15) is 5.82 Å². The molecule has 0 N–H and O–H groups in total. The number of thiazole rings is 1. The second-order valence-corrected chi connectivity index (χ2v) is 10.2. The zero-order valence-electron chi connectivity index (χ0n) is 20.4. The lowest BCUT2D eigenvalue weighted by Gasteiger charge is -2.07. The molecule has 0 spiro atoms. The lowest BCUT2D eigenvalue weighted by atomic mass is 10.1. The summed E-state index contributed by atoms with van der Waals surface area (Å²) in [6.45, 7) is 3.74. The van der Waals surface area contributed by atoms with E-state index >= 15 is 0 Å². The minimum atomic E-state index is -0.363. The van der Waals surface area contributed by atoms with E-state index in [0.717, 1.165) is 15.7 Å². The van der Waals surface area contributed by atoms with Gasteiger partial charge in [-0.25, -0.2) is 18.7 Å². The molecule has 6 nitrogen and oxygen atoms in total. The molecule has 0 aliphatic carbocycles. The van der Waals surface area contributed by atoms with E-state index in [4.69, 9.17) is 10.1 Å².